The second kappa shape index (κ2) is 6.41. The first kappa shape index (κ1) is 14.9. The zero-order chi connectivity index (χ0) is 15.4. The molecule has 0 aliphatic heterocycles. The number of para-hydroxylation sites is 1. The lowest BCUT2D eigenvalue weighted by atomic mass is 9.64. The minimum absolute atomic E-state index is 0.0824. The number of anilines is 1. The zero-order valence-electron chi connectivity index (χ0n) is 12.3. The number of benzene rings is 2. The number of hydrogen-bond donors (Lipinski definition) is 2. The third-order valence-electron chi connectivity index (χ3n) is 4.41. The minimum Gasteiger partial charge on any atom is -0.337 e. The van der Waals surface area contributed by atoms with Crippen LogP contribution in [0, 0.1) is 0 Å². The monoisotopic (exact) mass is 314 g/mol. The fraction of sp³-hybridized carbons (Fsp3) is 0.278. The standard InChI is InChI=1S/C18H19ClN2O/c19-15-9-4-5-10-16(15)21-17(22)20-13-18(11-6-12-18)14-7-2-1-3-8-14/h1-5,7-10H,6,11-13H2,(H2,20,21,22). The summed E-state index contributed by atoms with van der Waals surface area (Å²) in [5.74, 6) is 0. The van der Waals surface area contributed by atoms with E-state index in [-0.39, 0.29) is 11.4 Å². The SMILES string of the molecule is O=C(NCC1(c2ccccc2)CCC1)Nc1ccccc1Cl. The van der Waals surface area contributed by atoms with Crippen molar-refractivity contribution >= 4 is 23.3 Å². The van der Waals surface area contributed by atoms with Crippen molar-refractivity contribution in [3.05, 3.63) is 65.2 Å². The van der Waals surface area contributed by atoms with Crippen LogP contribution >= 0.6 is 11.6 Å². The van der Waals surface area contributed by atoms with Crippen LogP contribution in [-0.4, -0.2) is 12.6 Å². The molecule has 2 amide bonds. The Hall–Kier alpha value is -2.00. The van der Waals surface area contributed by atoms with Crippen LogP contribution in [0.25, 0.3) is 0 Å². The number of carbonyl (C=O) groups is 1. The molecule has 0 spiro atoms. The quantitative estimate of drug-likeness (QED) is 0.852. The first-order chi connectivity index (χ1) is 10.7. The lowest BCUT2D eigenvalue weighted by Gasteiger charge is -2.42. The second-order valence-corrected chi connectivity index (χ2v) is 6.19. The maximum Gasteiger partial charge on any atom is 0.319 e. The summed E-state index contributed by atoms with van der Waals surface area (Å²) in [4.78, 5) is 12.1. The van der Waals surface area contributed by atoms with E-state index in [1.807, 2.05) is 18.2 Å². The highest BCUT2D eigenvalue weighted by atomic mass is 35.5. The Morgan fingerprint density at radius 1 is 1.05 bits per heavy atom. The number of nitrogens with one attached hydrogen (secondary N) is 2. The van der Waals surface area contributed by atoms with Gasteiger partial charge >= 0.3 is 6.03 Å². The molecule has 0 saturated heterocycles. The molecule has 1 saturated carbocycles. The average Bonchev–Trinajstić information content (AvgIpc) is 2.50. The normalized spacial score (nSPS) is 15.7. The molecule has 0 aromatic heterocycles. The van der Waals surface area contributed by atoms with E-state index in [9.17, 15) is 4.79 Å². The van der Waals surface area contributed by atoms with Crippen molar-refractivity contribution in [3.8, 4) is 0 Å². The van der Waals surface area contributed by atoms with Crippen molar-refractivity contribution < 1.29 is 4.79 Å². The van der Waals surface area contributed by atoms with Gasteiger partial charge in [0.15, 0.2) is 0 Å². The van der Waals surface area contributed by atoms with Crippen molar-refractivity contribution in [1.82, 2.24) is 5.32 Å². The van der Waals surface area contributed by atoms with Gasteiger partial charge in [0.1, 0.15) is 0 Å². The number of rotatable bonds is 4. The van der Waals surface area contributed by atoms with Gasteiger partial charge < -0.3 is 10.6 Å². The smallest absolute Gasteiger partial charge is 0.319 e. The van der Waals surface area contributed by atoms with E-state index in [0.29, 0.717) is 17.3 Å². The molecule has 22 heavy (non-hydrogen) atoms. The molecule has 3 nitrogen and oxygen atoms in total. The number of amides is 2. The molecular weight excluding hydrogens is 296 g/mol. The maximum atomic E-state index is 12.1. The Balaban J connectivity index is 1.62. The molecule has 0 unspecified atom stereocenters. The van der Waals surface area contributed by atoms with Crippen LogP contribution in [0.1, 0.15) is 24.8 Å². The van der Waals surface area contributed by atoms with Crippen LogP contribution in [0.4, 0.5) is 10.5 Å². The van der Waals surface area contributed by atoms with Crippen LogP contribution < -0.4 is 10.6 Å². The summed E-state index contributed by atoms with van der Waals surface area (Å²) in [6.45, 7) is 0.646. The van der Waals surface area contributed by atoms with E-state index in [4.69, 9.17) is 11.6 Å². The topological polar surface area (TPSA) is 41.1 Å². The van der Waals surface area contributed by atoms with Gasteiger partial charge in [-0.1, -0.05) is 60.5 Å². The lowest BCUT2D eigenvalue weighted by molar-refractivity contribution is 0.222. The lowest BCUT2D eigenvalue weighted by Crippen LogP contribution is -2.46. The van der Waals surface area contributed by atoms with Gasteiger partial charge in [0, 0.05) is 12.0 Å². The maximum absolute atomic E-state index is 12.1. The third-order valence-corrected chi connectivity index (χ3v) is 4.74. The molecule has 1 aliphatic rings. The zero-order valence-corrected chi connectivity index (χ0v) is 13.1. The Labute approximate surface area is 135 Å². The van der Waals surface area contributed by atoms with Gasteiger partial charge in [-0.2, -0.15) is 0 Å². The van der Waals surface area contributed by atoms with E-state index >= 15 is 0 Å². The van der Waals surface area contributed by atoms with E-state index in [1.165, 1.54) is 12.0 Å². The molecule has 0 bridgehead atoms. The van der Waals surface area contributed by atoms with Crippen molar-refractivity contribution in [3.63, 3.8) is 0 Å². The second-order valence-electron chi connectivity index (χ2n) is 5.79. The molecule has 2 aromatic rings. The summed E-state index contributed by atoms with van der Waals surface area (Å²) in [5, 5.41) is 6.33. The average molecular weight is 315 g/mol. The van der Waals surface area contributed by atoms with Gasteiger partial charge in [0.2, 0.25) is 0 Å². The molecule has 3 rings (SSSR count). The Morgan fingerprint density at radius 3 is 2.36 bits per heavy atom. The van der Waals surface area contributed by atoms with Gasteiger partial charge in [0.05, 0.1) is 10.7 Å². The van der Waals surface area contributed by atoms with Crippen LogP contribution in [0.15, 0.2) is 54.6 Å². The van der Waals surface area contributed by atoms with Gasteiger partial charge in [-0.05, 0) is 30.5 Å². The fourth-order valence-electron chi connectivity index (χ4n) is 2.94. The number of halogens is 1. The molecular formula is C18H19ClN2O. The highest BCUT2D eigenvalue weighted by Crippen LogP contribution is 2.43. The predicted octanol–water partition coefficient (Wildman–Crippen LogP) is 4.58. The highest BCUT2D eigenvalue weighted by Gasteiger charge is 2.38. The van der Waals surface area contributed by atoms with Crippen molar-refractivity contribution in [1.29, 1.82) is 0 Å². The fourth-order valence-corrected chi connectivity index (χ4v) is 3.12. The van der Waals surface area contributed by atoms with E-state index in [1.54, 1.807) is 12.1 Å². The first-order valence-corrected chi connectivity index (χ1v) is 7.92. The Bertz CT molecular complexity index is 653. The van der Waals surface area contributed by atoms with Gasteiger partial charge in [-0.25, -0.2) is 4.79 Å². The minimum atomic E-state index is -0.213. The van der Waals surface area contributed by atoms with Crippen LogP contribution in [0.2, 0.25) is 5.02 Å². The molecule has 0 heterocycles. The first-order valence-electron chi connectivity index (χ1n) is 7.55. The van der Waals surface area contributed by atoms with Crippen molar-refractivity contribution in [2.45, 2.75) is 24.7 Å². The molecule has 2 N–H and O–H groups in total. The van der Waals surface area contributed by atoms with E-state index < -0.39 is 0 Å². The Morgan fingerprint density at radius 2 is 1.73 bits per heavy atom. The summed E-state index contributed by atoms with van der Waals surface area (Å²) in [6, 6.07) is 17.4. The largest absolute Gasteiger partial charge is 0.337 e. The van der Waals surface area contributed by atoms with Gasteiger partial charge in [-0.15, -0.1) is 0 Å². The van der Waals surface area contributed by atoms with E-state index in [2.05, 4.69) is 34.9 Å². The third kappa shape index (κ3) is 3.09. The summed E-state index contributed by atoms with van der Waals surface area (Å²) >= 11 is 6.05. The van der Waals surface area contributed by atoms with Crippen molar-refractivity contribution in [2.75, 3.05) is 11.9 Å². The molecule has 1 aliphatic carbocycles. The number of urea groups is 1. The van der Waals surface area contributed by atoms with Crippen molar-refractivity contribution in [2.24, 2.45) is 0 Å². The Kier molecular flexibility index (Phi) is 4.34. The molecule has 0 atom stereocenters. The number of carbonyl (C=O) groups excluding carboxylic acids is 1. The summed E-state index contributed by atoms with van der Waals surface area (Å²) < 4.78 is 0. The van der Waals surface area contributed by atoms with Crippen LogP contribution in [0.3, 0.4) is 0 Å². The summed E-state index contributed by atoms with van der Waals surface area (Å²) in [5.41, 5.74) is 2.02. The van der Waals surface area contributed by atoms with Gasteiger partial charge in [0.25, 0.3) is 0 Å². The predicted molar refractivity (Wildman–Crippen MR) is 90.4 cm³/mol. The molecule has 114 valence electrons. The van der Waals surface area contributed by atoms with Crippen LogP contribution in [-0.2, 0) is 5.41 Å². The summed E-state index contributed by atoms with van der Waals surface area (Å²) in [6.07, 6.45) is 3.44. The van der Waals surface area contributed by atoms with Gasteiger partial charge in [-0.3, -0.25) is 0 Å². The number of hydrogen-bond acceptors (Lipinski definition) is 1. The van der Waals surface area contributed by atoms with Crippen LogP contribution in [0.5, 0.6) is 0 Å². The molecule has 4 heteroatoms. The molecule has 1 fully saturated rings. The van der Waals surface area contributed by atoms with E-state index in [0.717, 1.165) is 12.8 Å². The summed E-state index contributed by atoms with van der Waals surface area (Å²) in [7, 11) is 0. The molecule has 0 radical (unpaired) electrons. The molecule has 2 aromatic carbocycles. The highest BCUT2D eigenvalue weighted by molar-refractivity contribution is 6.33.